The first-order valence-electron chi connectivity index (χ1n) is 4.60. The van der Waals surface area contributed by atoms with Crippen LogP contribution in [0.1, 0.15) is 0 Å². The van der Waals surface area contributed by atoms with Gasteiger partial charge < -0.3 is 4.74 Å². The van der Waals surface area contributed by atoms with Crippen molar-refractivity contribution in [2.45, 2.75) is 0 Å². The monoisotopic (exact) mass is 236 g/mol. The van der Waals surface area contributed by atoms with Crippen LogP contribution in [-0.2, 0) is 0 Å². The van der Waals surface area contributed by atoms with Crippen LogP contribution in [0.4, 0.5) is 0 Å². The number of hydrogen-bond acceptors (Lipinski definition) is 3. The summed E-state index contributed by atoms with van der Waals surface area (Å²) in [6, 6.07) is 8.87. The lowest BCUT2D eigenvalue weighted by molar-refractivity contribution is 0.415. The number of rotatable bonds is 2. The van der Waals surface area contributed by atoms with Gasteiger partial charge in [0.15, 0.2) is 0 Å². The number of methoxy groups -OCH3 is 1. The Labute approximate surface area is 96.8 Å². The van der Waals surface area contributed by atoms with E-state index in [0.717, 1.165) is 11.3 Å². The minimum absolute atomic E-state index is 0.118. The van der Waals surface area contributed by atoms with Gasteiger partial charge in [-0.05, 0) is 18.2 Å². The molecule has 0 amide bonds. The fourth-order valence-corrected chi connectivity index (χ4v) is 1.46. The second-order valence-electron chi connectivity index (χ2n) is 3.16. The fourth-order valence-electron chi connectivity index (χ4n) is 1.31. The third kappa shape index (κ3) is 2.06. The van der Waals surface area contributed by atoms with E-state index >= 15 is 0 Å². The van der Waals surface area contributed by atoms with Crippen molar-refractivity contribution >= 4 is 11.6 Å². The zero-order valence-electron chi connectivity index (χ0n) is 8.53. The van der Waals surface area contributed by atoms with E-state index in [1.54, 1.807) is 7.11 Å². The molecule has 0 saturated carbocycles. The lowest BCUT2D eigenvalue weighted by Gasteiger charge is -2.03. The van der Waals surface area contributed by atoms with E-state index < -0.39 is 5.56 Å². The maximum Gasteiger partial charge on any atom is 0.282 e. The molecule has 0 saturated heterocycles. The Morgan fingerprint density at radius 2 is 2.19 bits per heavy atom. The molecule has 1 aromatic heterocycles. The Kier molecular flexibility index (Phi) is 2.92. The fraction of sp³-hybridized carbons (Fsp3) is 0.0909. The van der Waals surface area contributed by atoms with Crippen LogP contribution in [0.25, 0.3) is 11.3 Å². The number of ether oxygens (including phenoxy) is 1. The van der Waals surface area contributed by atoms with Gasteiger partial charge in [0.2, 0.25) is 0 Å². The Bertz CT molecular complexity index is 566. The smallest absolute Gasteiger partial charge is 0.282 e. The maximum absolute atomic E-state index is 11.1. The van der Waals surface area contributed by atoms with Gasteiger partial charge in [0, 0.05) is 5.56 Å². The van der Waals surface area contributed by atoms with Gasteiger partial charge in [-0.3, -0.25) is 4.79 Å². The third-order valence-electron chi connectivity index (χ3n) is 2.12. The van der Waals surface area contributed by atoms with Crippen molar-refractivity contribution in [2.24, 2.45) is 0 Å². The van der Waals surface area contributed by atoms with Gasteiger partial charge in [0.25, 0.3) is 5.56 Å². The zero-order chi connectivity index (χ0) is 11.5. The molecule has 0 unspecified atom stereocenters. The van der Waals surface area contributed by atoms with Gasteiger partial charge in [0.1, 0.15) is 10.8 Å². The van der Waals surface area contributed by atoms with Gasteiger partial charge in [-0.1, -0.05) is 23.7 Å². The van der Waals surface area contributed by atoms with Gasteiger partial charge in [0.05, 0.1) is 12.8 Å². The molecule has 1 N–H and O–H groups in total. The lowest BCUT2D eigenvalue weighted by Crippen LogP contribution is -2.08. The van der Waals surface area contributed by atoms with Crippen molar-refractivity contribution < 1.29 is 4.74 Å². The molecule has 0 aliphatic carbocycles. The first-order chi connectivity index (χ1) is 7.70. The van der Waals surface area contributed by atoms with E-state index in [1.807, 2.05) is 24.3 Å². The van der Waals surface area contributed by atoms with E-state index in [0.29, 0.717) is 5.69 Å². The largest absolute Gasteiger partial charge is 0.497 e. The van der Waals surface area contributed by atoms with Gasteiger partial charge in [-0.15, -0.1) is 0 Å². The zero-order valence-corrected chi connectivity index (χ0v) is 9.28. The summed E-state index contributed by atoms with van der Waals surface area (Å²) in [4.78, 5) is 11.1. The van der Waals surface area contributed by atoms with Crippen LogP contribution in [0.2, 0.25) is 5.02 Å². The van der Waals surface area contributed by atoms with Crippen molar-refractivity contribution in [1.29, 1.82) is 0 Å². The molecule has 1 heterocycles. The van der Waals surface area contributed by atoms with Crippen molar-refractivity contribution in [3.63, 3.8) is 0 Å². The summed E-state index contributed by atoms with van der Waals surface area (Å²) in [5, 5.41) is 6.35. The van der Waals surface area contributed by atoms with E-state index in [-0.39, 0.29) is 5.02 Å². The molecule has 0 fully saturated rings. The number of aromatic nitrogens is 2. The van der Waals surface area contributed by atoms with E-state index in [9.17, 15) is 4.79 Å². The average molecular weight is 237 g/mol. The molecule has 0 spiro atoms. The Balaban J connectivity index is 2.50. The highest BCUT2D eigenvalue weighted by Gasteiger charge is 2.04. The predicted molar refractivity (Wildman–Crippen MR) is 61.9 cm³/mol. The molecular formula is C11H9ClN2O2. The van der Waals surface area contributed by atoms with Crippen LogP contribution in [-0.4, -0.2) is 17.3 Å². The molecule has 0 bridgehead atoms. The molecule has 2 rings (SSSR count). The van der Waals surface area contributed by atoms with Crippen molar-refractivity contribution in [3.05, 3.63) is 45.7 Å². The normalized spacial score (nSPS) is 10.1. The van der Waals surface area contributed by atoms with E-state index in [1.165, 1.54) is 6.07 Å². The Morgan fingerprint density at radius 3 is 2.88 bits per heavy atom. The van der Waals surface area contributed by atoms with Crippen LogP contribution >= 0.6 is 11.6 Å². The predicted octanol–water partition coefficient (Wildman–Crippen LogP) is 2.10. The van der Waals surface area contributed by atoms with Gasteiger partial charge >= 0.3 is 0 Å². The highest BCUT2D eigenvalue weighted by Crippen LogP contribution is 2.22. The summed E-state index contributed by atoms with van der Waals surface area (Å²) in [5.74, 6) is 0.724. The summed E-state index contributed by atoms with van der Waals surface area (Å²) >= 11 is 5.72. The first-order valence-corrected chi connectivity index (χ1v) is 4.98. The van der Waals surface area contributed by atoms with Crippen molar-refractivity contribution in [3.8, 4) is 17.0 Å². The number of nitrogens with zero attached hydrogens (tertiary/aromatic N) is 1. The third-order valence-corrected chi connectivity index (χ3v) is 2.40. The molecule has 1 aromatic carbocycles. The van der Waals surface area contributed by atoms with Crippen LogP contribution in [0.5, 0.6) is 5.75 Å². The molecule has 0 aliphatic heterocycles. The topological polar surface area (TPSA) is 55.0 Å². The van der Waals surface area contributed by atoms with Crippen molar-refractivity contribution in [1.82, 2.24) is 10.2 Å². The average Bonchev–Trinajstić information content (AvgIpc) is 2.33. The van der Waals surface area contributed by atoms with Crippen LogP contribution in [0, 0.1) is 0 Å². The molecule has 0 radical (unpaired) electrons. The number of hydrogen-bond donors (Lipinski definition) is 1. The molecule has 0 aliphatic rings. The van der Waals surface area contributed by atoms with Crippen LogP contribution in [0.15, 0.2) is 35.1 Å². The van der Waals surface area contributed by atoms with Crippen molar-refractivity contribution in [2.75, 3.05) is 7.11 Å². The molecular weight excluding hydrogens is 228 g/mol. The summed E-state index contributed by atoms with van der Waals surface area (Å²) in [6.45, 7) is 0. The number of benzene rings is 1. The molecule has 82 valence electrons. The highest BCUT2D eigenvalue weighted by molar-refractivity contribution is 6.30. The highest BCUT2D eigenvalue weighted by atomic mass is 35.5. The minimum atomic E-state index is -0.395. The molecule has 5 heteroatoms. The SMILES string of the molecule is COc1cccc(-c2cc(Cl)c(=O)[nH]n2)c1. The van der Waals surface area contributed by atoms with Gasteiger partial charge in [-0.25, -0.2) is 5.10 Å². The molecule has 4 nitrogen and oxygen atoms in total. The second kappa shape index (κ2) is 4.37. The van der Waals surface area contributed by atoms with Crippen LogP contribution < -0.4 is 10.3 Å². The quantitative estimate of drug-likeness (QED) is 0.869. The number of halogens is 1. The number of H-pyrrole nitrogens is 1. The molecule has 0 atom stereocenters. The van der Waals surface area contributed by atoms with E-state index in [4.69, 9.17) is 16.3 Å². The number of aromatic amines is 1. The molecule has 2 aromatic rings. The summed E-state index contributed by atoms with van der Waals surface area (Å²) in [6.07, 6.45) is 0. The summed E-state index contributed by atoms with van der Waals surface area (Å²) in [5.41, 5.74) is 1.04. The number of nitrogens with one attached hydrogen (secondary N) is 1. The minimum Gasteiger partial charge on any atom is -0.497 e. The first kappa shape index (κ1) is 10.7. The maximum atomic E-state index is 11.1. The lowest BCUT2D eigenvalue weighted by atomic mass is 10.1. The Morgan fingerprint density at radius 1 is 1.38 bits per heavy atom. The van der Waals surface area contributed by atoms with Crippen LogP contribution in [0.3, 0.4) is 0 Å². The van der Waals surface area contributed by atoms with Gasteiger partial charge in [-0.2, -0.15) is 5.10 Å². The standard InChI is InChI=1S/C11H9ClN2O2/c1-16-8-4-2-3-7(5-8)10-6-9(12)11(15)14-13-10/h2-6H,1H3,(H,14,15). The summed E-state index contributed by atoms with van der Waals surface area (Å²) < 4.78 is 5.10. The van der Waals surface area contributed by atoms with E-state index in [2.05, 4.69) is 10.2 Å². The Hall–Kier alpha value is -1.81. The second-order valence-corrected chi connectivity index (χ2v) is 3.57. The summed E-state index contributed by atoms with van der Waals surface area (Å²) in [7, 11) is 1.59. The molecule has 16 heavy (non-hydrogen) atoms.